The van der Waals surface area contributed by atoms with Crippen LogP contribution in [-0.4, -0.2) is 53.6 Å². The highest BCUT2D eigenvalue weighted by atomic mass is 16.1. The van der Waals surface area contributed by atoms with Crippen molar-refractivity contribution >= 4 is 22.9 Å². The summed E-state index contributed by atoms with van der Waals surface area (Å²) in [5, 5.41) is 0. The molecule has 1 saturated heterocycles. The Hall–Kier alpha value is -2.08. The molecule has 6 nitrogen and oxygen atoms in total. The third-order valence-corrected chi connectivity index (χ3v) is 4.16. The van der Waals surface area contributed by atoms with E-state index in [1.165, 1.54) is 0 Å². The Balaban J connectivity index is 2.05. The molecule has 0 spiro atoms. The Kier molecular flexibility index (Phi) is 3.55. The third kappa shape index (κ3) is 2.47. The molecule has 0 radical (unpaired) electrons. The van der Waals surface area contributed by atoms with E-state index in [1.54, 1.807) is 6.07 Å². The lowest BCUT2D eigenvalue weighted by atomic mass is 10.2. The maximum absolute atomic E-state index is 11.6. The lowest BCUT2D eigenvalue weighted by molar-refractivity contribution is 0.100. The number of benzene rings is 1. The summed E-state index contributed by atoms with van der Waals surface area (Å²) in [6.45, 7) is 4.05. The molecular formula is C15H21N5O. The summed E-state index contributed by atoms with van der Waals surface area (Å²) in [4.78, 5) is 20.9. The maximum atomic E-state index is 11.6. The maximum Gasteiger partial charge on any atom is 0.250 e. The van der Waals surface area contributed by atoms with Gasteiger partial charge in [-0.15, -0.1) is 0 Å². The molecule has 1 aliphatic heterocycles. The summed E-state index contributed by atoms with van der Waals surface area (Å²) in [5.74, 6) is 0.481. The highest BCUT2D eigenvalue weighted by Gasteiger charge is 2.20. The predicted molar refractivity (Wildman–Crippen MR) is 83.6 cm³/mol. The van der Waals surface area contributed by atoms with E-state index in [1.807, 2.05) is 23.7 Å². The van der Waals surface area contributed by atoms with Gasteiger partial charge in [0.2, 0.25) is 5.95 Å². The Bertz CT molecular complexity index is 678. The lowest BCUT2D eigenvalue weighted by Gasteiger charge is -2.21. The van der Waals surface area contributed by atoms with E-state index in [0.29, 0.717) is 11.1 Å². The molecule has 2 heterocycles. The van der Waals surface area contributed by atoms with Crippen LogP contribution in [0.2, 0.25) is 0 Å². The van der Waals surface area contributed by atoms with Gasteiger partial charge >= 0.3 is 0 Å². The number of amides is 1. The van der Waals surface area contributed by atoms with Gasteiger partial charge in [-0.25, -0.2) is 4.98 Å². The summed E-state index contributed by atoms with van der Waals surface area (Å²) in [6.07, 6.45) is 1.11. The van der Waals surface area contributed by atoms with Crippen molar-refractivity contribution in [1.29, 1.82) is 0 Å². The quantitative estimate of drug-likeness (QED) is 0.888. The minimum Gasteiger partial charge on any atom is -0.366 e. The van der Waals surface area contributed by atoms with Gasteiger partial charge in [-0.3, -0.25) is 4.79 Å². The minimum atomic E-state index is -0.430. The average molecular weight is 287 g/mol. The van der Waals surface area contributed by atoms with Gasteiger partial charge in [-0.1, -0.05) is 6.07 Å². The number of anilines is 1. The van der Waals surface area contributed by atoms with Crippen molar-refractivity contribution in [2.75, 3.05) is 38.1 Å². The summed E-state index contributed by atoms with van der Waals surface area (Å²) in [5.41, 5.74) is 7.58. The van der Waals surface area contributed by atoms with Crippen molar-refractivity contribution in [3.05, 3.63) is 23.8 Å². The molecule has 2 N–H and O–H groups in total. The van der Waals surface area contributed by atoms with Crippen molar-refractivity contribution < 1.29 is 4.79 Å². The highest BCUT2D eigenvalue weighted by Crippen LogP contribution is 2.24. The van der Waals surface area contributed by atoms with Gasteiger partial charge in [0.25, 0.3) is 5.91 Å². The van der Waals surface area contributed by atoms with Gasteiger partial charge < -0.3 is 20.1 Å². The van der Waals surface area contributed by atoms with Crippen LogP contribution in [0.25, 0.3) is 11.0 Å². The third-order valence-electron chi connectivity index (χ3n) is 4.16. The second-order valence-electron chi connectivity index (χ2n) is 5.65. The van der Waals surface area contributed by atoms with Gasteiger partial charge in [0.05, 0.1) is 11.1 Å². The van der Waals surface area contributed by atoms with Gasteiger partial charge in [0.15, 0.2) is 0 Å². The van der Waals surface area contributed by atoms with E-state index in [4.69, 9.17) is 10.7 Å². The summed E-state index contributed by atoms with van der Waals surface area (Å²) < 4.78 is 2.05. The molecule has 1 aliphatic rings. The zero-order valence-corrected chi connectivity index (χ0v) is 12.5. The number of carbonyl (C=O) groups is 1. The van der Waals surface area contributed by atoms with Crippen LogP contribution in [0.1, 0.15) is 16.8 Å². The van der Waals surface area contributed by atoms with E-state index in [-0.39, 0.29) is 0 Å². The van der Waals surface area contributed by atoms with Crippen molar-refractivity contribution in [2.24, 2.45) is 12.8 Å². The van der Waals surface area contributed by atoms with Crippen LogP contribution in [0.5, 0.6) is 0 Å². The first-order chi connectivity index (χ1) is 10.1. The Labute approximate surface area is 124 Å². The molecule has 0 aliphatic carbocycles. The molecule has 0 saturated carbocycles. The number of hydrogen-bond acceptors (Lipinski definition) is 4. The standard InChI is InChI=1S/C15H21N5O/c1-18-7-4-8-20(10-9-18)15-17-13-11(14(16)21)5-3-6-12(13)19(15)2/h3,5-6H,4,7-10H2,1-2H3,(H2,16,21). The summed E-state index contributed by atoms with van der Waals surface area (Å²) in [7, 11) is 4.13. The van der Waals surface area contributed by atoms with E-state index < -0.39 is 5.91 Å². The van der Waals surface area contributed by atoms with Gasteiger partial charge in [0, 0.05) is 26.7 Å². The second-order valence-corrected chi connectivity index (χ2v) is 5.65. The lowest BCUT2D eigenvalue weighted by Crippen LogP contribution is -2.30. The predicted octanol–water partition coefficient (Wildman–Crippen LogP) is 0.814. The van der Waals surface area contributed by atoms with Crippen molar-refractivity contribution in [2.45, 2.75) is 6.42 Å². The molecular weight excluding hydrogens is 266 g/mol. The van der Waals surface area contributed by atoms with Gasteiger partial charge in [0.1, 0.15) is 5.52 Å². The molecule has 1 amide bonds. The molecule has 0 bridgehead atoms. The van der Waals surface area contributed by atoms with E-state index >= 15 is 0 Å². The molecule has 1 aromatic heterocycles. The number of para-hydroxylation sites is 1. The Morgan fingerprint density at radius 3 is 2.76 bits per heavy atom. The van der Waals surface area contributed by atoms with E-state index in [0.717, 1.165) is 44.1 Å². The van der Waals surface area contributed by atoms with Gasteiger partial charge in [-0.2, -0.15) is 0 Å². The smallest absolute Gasteiger partial charge is 0.250 e. The number of rotatable bonds is 2. The fourth-order valence-electron chi connectivity index (χ4n) is 2.93. The number of nitrogens with two attached hydrogens (primary N) is 1. The molecule has 0 unspecified atom stereocenters. The molecule has 1 fully saturated rings. The van der Waals surface area contributed by atoms with Crippen LogP contribution in [0.4, 0.5) is 5.95 Å². The summed E-state index contributed by atoms with van der Waals surface area (Å²) >= 11 is 0. The molecule has 21 heavy (non-hydrogen) atoms. The number of aromatic nitrogens is 2. The monoisotopic (exact) mass is 287 g/mol. The molecule has 112 valence electrons. The molecule has 2 aromatic rings. The topological polar surface area (TPSA) is 67.4 Å². The number of hydrogen-bond donors (Lipinski definition) is 1. The first-order valence-corrected chi connectivity index (χ1v) is 7.26. The summed E-state index contributed by atoms with van der Waals surface area (Å²) in [6, 6.07) is 5.56. The SMILES string of the molecule is CN1CCCN(c2nc3c(C(N)=O)cccc3n2C)CC1. The zero-order chi connectivity index (χ0) is 15.0. The first-order valence-electron chi connectivity index (χ1n) is 7.26. The fourth-order valence-corrected chi connectivity index (χ4v) is 2.93. The normalized spacial score (nSPS) is 17.1. The van der Waals surface area contributed by atoms with E-state index in [2.05, 4.69) is 16.8 Å². The number of imidazole rings is 1. The number of likely N-dealkylation sites (N-methyl/N-ethyl adjacent to an activating group) is 1. The molecule has 1 aromatic carbocycles. The number of fused-ring (bicyclic) bond motifs is 1. The fraction of sp³-hybridized carbons (Fsp3) is 0.467. The Morgan fingerprint density at radius 2 is 2.00 bits per heavy atom. The number of nitrogens with zero attached hydrogens (tertiary/aromatic N) is 4. The van der Waals surface area contributed by atoms with Crippen molar-refractivity contribution in [3.63, 3.8) is 0 Å². The number of aryl methyl sites for hydroxylation is 1. The largest absolute Gasteiger partial charge is 0.366 e. The van der Waals surface area contributed by atoms with Crippen molar-refractivity contribution in [1.82, 2.24) is 14.5 Å². The first kappa shape index (κ1) is 13.9. The molecule has 0 atom stereocenters. The van der Waals surface area contributed by atoms with Crippen LogP contribution < -0.4 is 10.6 Å². The highest BCUT2D eigenvalue weighted by molar-refractivity contribution is 6.04. The second kappa shape index (κ2) is 5.37. The van der Waals surface area contributed by atoms with Crippen LogP contribution >= 0.6 is 0 Å². The van der Waals surface area contributed by atoms with Crippen LogP contribution in [-0.2, 0) is 7.05 Å². The molecule has 6 heteroatoms. The van der Waals surface area contributed by atoms with Crippen LogP contribution in [0.3, 0.4) is 0 Å². The van der Waals surface area contributed by atoms with Crippen LogP contribution in [0.15, 0.2) is 18.2 Å². The zero-order valence-electron chi connectivity index (χ0n) is 12.5. The number of primary amides is 1. The average Bonchev–Trinajstić information content (AvgIpc) is 2.65. The van der Waals surface area contributed by atoms with Crippen LogP contribution in [0, 0.1) is 0 Å². The molecule has 3 rings (SSSR count). The van der Waals surface area contributed by atoms with E-state index in [9.17, 15) is 4.79 Å². The minimum absolute atomic E-state index is 0.430. The van der Waals surface area contributed by atoms with Crippen molar-refractivity contribution in [3.8, 4) is 0 Å². The van der Waals surface area contributed by atoms with Gasteiger partial charge in [-0.05, 0) is 32.1 Å². The number of carbonyl (C=O) groups excluding carboxylic acids is 1. The Morgan fingerprint density at radius 1 is 1.19 bits per heavy atom.